The van der Waals surface area contributed by atoms with E-state index in [0.29, 0.717) is 11.4 Å². The Morgan fingerprint density at radius 1 is 0.645 bits per heavy atom. The molecule has 1 fully saturated rings. The molecule has 0 unspecified atom stereocenters. The molecule has 4 nitrogen and oxygen atoms in total. The van der Waals surface area contributed by atoms with Gasteiger partial charge in [0.2, 0.25) is 11.8 Å². The maximum absolute atomic E-state index is 13.7. The van der Waals surface area contributed by atoms with Gasteiger partial charge in [-0.3, -0.25) is 9.59 Å². The number of carbonyl (C=O) groups is 2. The van der Waals surface area contributed by atoms with Crippen LogP contribution in [-0.2, 0) is 9.59 Å². The number of ether oxygens (including phenoxy) is 1. The number of anilines is 1. The van der Waals surface area contributed by atoms with Crippen LogP contribution in [0.15, 0.2) is 97.1 Å². The number of amides is 2. The van der Waals surface area contributed by atoms with E-state index < -0.39 is 11.8 Å². The Labute approximate surface area is 181 Å². The number of hydrogen-bond acceptors (Lipinski definition) is 3. The van der Waals surface area contributed by atoms with E-state index in [1.54, 1.807) is 31.4 Å². The Kier molecular flexibility index (Phi) is 4.91. The lowest BCUT2D eigenvalue weighted by Crippen LogP contribution is -2.31. The fourth-order valence-corrected chi connectivity index (χ4v) is 4.92. The van der Waals surface area contributed by atoms with E-state index in [1.165, 1.54) is 4.90 Å². The van der Waals surface area contributed by atoms with Crippen molar-refractivity contribution >= 4 is 17.5 Å². The van der Waals surface area contributed by atoms with Gasteiger partial charge in [0.1, 0.15) is 5.75 Å². The van der Waals surface area contributed by atoms with E-state index in [9.17, 15) is 9.59 Å². The van der Waals surface area contributed by atoms with Gasteiger partial charge < -0.3 is 4.74 Å². The van der Waals surface area contributed by atoms with Crippen LogP contribution in [0.4, 0.5) is 5.69 Å². The molecule has 0 saturated carbocycles. The fourth-order valence-electron chi connectivity index (χ4n) is 4.92. The number of benzene rings is 3. The average Bonchev–Trinajstić information content (AvgIpc) is 3.10. The summed E-state index contributed by atoms with van der Waals surface area (Å²) in [6.07, 6.45) is 4.22. The minimum absolute atomic E-state index is 0.133. The molecule has 2 aliphatic rings. The van der Waals surface area contributed by atoms with Crippen LogP contribution in [-0.4, -0.2) is 18.9 Å². The summed E-state index contributed by atoms with van der Waals surface area (Å²) in [5.41, 5.74) is 2.69. The second kappa shape index (κ2) is 7.88. The summed E-state index contributed by atoms with van der Waals surface area (Å²) in [4.78, 5) is 28.8. The normalized spacial score (nSPS) is 24.9. The van der Waals surface area contributed by atoms with Gasteiger partial charge in [-0.2, -0.15) is 0 Å². The highest BCUT2D eigenvalue weighted by atomic mass is 16.5. The molecule has 0 radical (unpaired) electrons. The van der Waals surface area contributed by atoms with Crippen LogP contribution in [0.2, 0.25) is 0 Å². The number of imide groups is 1. The zero-order chi connectivity index (χ0) is 21.4. The summed E-state index contributed by atoms with van der Waals surface area (Å²) in [5.74, 6) is -0.735. The molecule has 5 rings (SSSR count). The molecule has 1 heterocycles. The fraction of sp³-hybridized carbons (Fsp3) is 0.185. The van der Waals surface area contributed by atoms with Gasteiger partial charge in [0.05, 0.1) is 24.6 Å². The van der Waals surface area contributed by atoms with Crippen molar-refractivity contribution in [3.8, 4) is 5.75 Å². The largest absolute Gasteiger partial charge is 0.497 e. The van der Waals surface area contributed by atoms with Gasteiger partial charge in [0, 0.05) is 11.8 Å². The third-order valence-electron chi connectivity index (χ3n) is 6.40. The van der Waals surface area contributed by atoms with Crippen molar-refractivity contribution in [2.24, 2.45) is 11.8 Å². The van der Waals surface area contributed by atoms with Crippen LogP contribution < -0.4 is 9.64 Å². The Morgan fingerprint density at radius 2 is 1.10 bits per heavy atom. The Hall–Kier alpha value is -3.66. The summed E-state index contributed by atoms with van der Waals surface area (Å²) >= 11 is 0. The van der Waals surface area contributed by atoms with E-state index >= 15 is 0 Å². The predicted octanol–water partition coefficient (Wildman–Crippen LogP) is 4.94. The van der Waals surface area contributed by atoms with Gasteiger partial charge >= 0.3 is 0 Å². The third kappa shape index (κ3) is 3.25. The molecule has 0 aromatic heterocycles. The van der Waals surface area contributed by atoms with Crippen molar-refractivity contribution in [2.45, 2.75) is 11.8 Å². The number of nitrogens with zero attached hydrogens (tertiary/aromatic N) is 1. The van der Waals surface area contributed by atoms with Crippen LogP contribution in [0.5, 0.6) is 5.75 Å². The highest BCUT2D eigenvalue weighted by Crippen LogP contribution is 2.50. The van der Waals surface area contributed by atoms with Crippen LogP contribution in [0.3, 0.4) is 0 Å². The number of fused-ring (bicyclic) bond motifs is 1. The molecule has 31 heavy (non-hydrogen) atoms. The van der Waals surface area contributed by atoms with Crippen LogP contribution in [0.25, 0.3) is 0 Å². The molecular formula is C27H23NO3. The molecule has 4 atom stereocenters. The Balaban J connectivity index is 1.60. The second-order valence-electron chi connectivity index (χ2n) is 8.02. The quantitative estimate of drug-likeness (QED) is 0.453. The van der Waals surface area contributed by atoms with Gasteiger partial charge in [-0.25, -0.2) is 4.90 Å². The molecule has 1 aliphatic heterocycles. The maximum Gasteiger partial charge on any atom is 0.238 e. The van der Waals surface area contributed by atoms with Crippen LogP contribution in [0, 0.1) is 11.8 Å². The van der Waals surface area contributed by atoms with Crippen LogP contribution in [0.1, 0.15) is 23.0 Å². The van der Waals surface area contributed by atoms with Crippen molar-refractivity contribution in [1.29, 1.82) is 0 Å². The standard InChI is InChI=1S/C27H23NO3/c1-31-21-14-12-20(13-15-21)28-26(29)24-22(18-8-4-2-5-9-18)16-17-23(25(24)27(28)30)19-10-6-3-7-11-19/h2-17,22-25H,1H3/t22-,23+,24-,25-/m1/s1. The zero-order valence-electron chi connectivity index (χ0n) is 17.2. The molecule has 3 aromatic carbocycles. The van der Waals surface area contributed by atoms with E-state index in [0.717, 1.165) is 11.1 Å². The number of hydrogen-bond donors (Lipinski definition) is 0. The molecule has 0 spiro atoms. The highest BCUT2D eigenvalue weighted by Gasteiger charge is 2.55. The van der Waals surface area contributed by atoms with Gasteiger partial charge in [-0.05, 0) is 35.4 Å². The van der Waals surface area contributed by atoms with E-state index in [4.69, 9.17) is 4.74 Å². The summed E-state index contributed by atoms with van der Waals surface area (Å²) in [7, 11) is 1.59. The molecular weight excluding hydrogens is 386 g/mol. The summed E-state index contributed by atoms with van der Waals surface area (Å²) in [6.45, 7) is 0. The average molecular weight is 409 g/mol. The lowest BCUT2D eigenvalue weighted by atomic mass is 9.68. The van der Waals surface area contributed by atoms with Crippen molar-refractivity contribution in [1.82, 2.24) is 0 Å². The minimum Gasteiger partial charge on any atom is -0.497 e. The van der Waals surface area contributed by atoms with Crippen molar-refractivity contribution < 1.29 is 14.3 Å². The number of allylic oxidation sites excluding steroid dienone is 2. The monoisotopic (exact) mass is 409 g/mol. The topological polar surface area (TPSA) is 46.6 Å². The summed E-state index contributed by atoms with van der Waals surface area (Å²) in [5, 5.41) is 0. The predicted molar refractivity (Wildman–Crippen MR) is 120 cm³/mol. The molecule has 1 saturated heterocycles. The smallest absolute Gasteiger partial charge is 0.238 e. The molecule has 0 N–H and O–H groups in total. The van der Waals surface area contributed by atoms with Crippen molar-refractivity contribution in [2.75, 3.05) is 12.0 Å². The molecule has 4 heteroatoms. The molecule has 1 aliphatic carbocycles. The van der Waals surface area contributed by atoms with Gasteiger partial charge in [0.25, 0.3) is 0 Å². The zero-order valence-corrected chi connectivity index (χ0v) is 17.2. The summed E-state index contributed by atoms with van der Waals surface area (Å²) in [6, 6.07) is 27.1. The Bertz CT molecular complexity index is 1050. The first kappa shape index (κ1) is 19.3. The lowest BCUT2D eigenvalue weighted by molar-refractivity contribution is -0.122. The van der Waals surface area contributed by atoms with E-state index in [2.05, 4.69) is 12.2 Å². The lowest BCUT2D eigenvalue weighted by Gasteiger charge is -2.32. The molecule has 3 aromatic rings. The third-order valence-corrected chi connectivity index (χ3v) is 6.40. The SMILES string of the molecule is COc1ccc(N2C(=O)[C@H]3[C@H](C2=O)[C@H](c2ccccc2)C=C[C@@H]3c2ccccc2)cc1. The highest BCUT2D eigenvalue weighted by molar-refractivity contribution is 6.23. The summed E-state index contributed by atoms with van der Waals surface area (Å²) < 4.78 is 5.23. The van der Waals surface area contributed by atoms with Gasteiger partial charge in [-0.1, -0.05) is 72.8 Å². The first-order chi connectivity index (χ1) is 15.2. The first-order valence-electron chi connectivity index (χ1n) is 10.5. The minimum atomic E-state index is -0.438. The number of methoxy groups -OCH3 is 1. The maximum atomic E-state index is 13.7. The number of rotatable bonds is 4. The van der Waals surface area contributed by atoms with Crippen molar-refractivity contribution in [3.63, 3.8) is 0 Å². The van der Waals surface area contributed by atoms with Gasteiger partial charge in [0.15, 0.2) is 0 Å². The molecule has 0 bridgehead atoms. The second-order valence-corrected chi connectivity index (χ2v) is 8.02. The van der Waals surface area contributed by atoms with Gasteiger partial charge in [-0.15, -0.1) is 0 Å². The number of carbonyl (C=O) groups excluding carboxylic acids is 2. The van der Waals surface area contributed by atoms with Crippen molar-refractivity contribution in [3.05, 3.63) is 108 Å². The van der Waals surface area contributed by atoms with E-state index in [1.807, 2.05) is 60.7 Å². The Morgan fingerprint density at radius 3 is 1.52 bits per heavy atom. The van der Waals surface area contributed by atoms with E-state index in [-0.39, 0.29) is 23.7 Å². The first-order valence-corrected chi connectivity index (χ1v) is 10.5. The molecule has 154 valence electrons. The van der Waals surface area contributed by atoms with Crippen LogP contribution >= 0.6 is 0 Å². The molecule has 2 amide bonds.